The SMILES string of the molecule is C[C@H](OC(=O)[C@@H]1CCCN1S(=O)(=O)c1ccc(Cl)cc1)C(N)=O. The van der Waals surface area contributed by atoms with E-state index in [1.54, 1.807) is 0 Å². The molecule has 0 radical (unpaired) electrons. The van der Waals surface area contributed by atoms with E-state index in [0.717, 1.165) is 4.31 Å². The molecule has 0 unspecified atom stereocenters. The van der Waals surface area contributed by atoms with Gasteiger partial charge in [0.15, 0.2) is 6.10 Å². The molecule has 2 N–H and O–H groups in total. The van der Waals surface area contributed by atoms with Crippen molar-refractivity contribution in [3.63, 3.8) is 0 Å². The van der Waals surface area contributed by atoms with Crippen molar-refractivity contribution >= 4 is 33.5 Å². The number of primary amides is 1. The summed E-state index contributed by atoms with van der Waals surface area (Å²) in [6.07, 6.45) is -0.252. The lowest BCUT2D eigenvalue weighted by Gasteiger charge is -2.23. The van der Waals surface area contributed by atoms with Crippen LogP contribution in [-0.4, -0.2) is 43.3 Å². The van der Waals surface area contributed by atoms with Crippen LogP contribution in [0.5, 0.6) is 0 Å². The Morgan fingerprint density at radius 1 is 1.35 bits per heavy atom. The molecule has 1 aromatic rings. The second-order valence-electron chi connectivity index (χ2n) is 5.21. The van der Waals surface area contributed by atoms with E-state index < -0.39 is 34.0 Å². The Hall–Kier alpha value is -1.64. The van der Waals surface area contributed by atoms with Crippen molar-refractivity contribution < 1.29 is 22.7 Å². The molecule has 1 amide bonds. The summed E-state index contributed by atoms with van der Waals surface area (Å²) in [5, 5.41) is 0.414. The number of amides is 1. The Morgan fingerprint density at radius 3 is 2.52 bits per heavy atom. The second-order valence-corrected chi connectivity index (χ2v) is 7.54. The van der Waals surface area contributed by atoms with E-state index in [-0.39, 0.29) is 11.4 Å². The standard InChI is InChI=1S/C14H17ClN2O5S/c1-9(13(16)18)22-14(19)12-3-2-8-17(12)23(20,21)11-6-4-10(15)5-7-11/h4-7,9,12H,2-3,8H2,1H3,(H2,16,18)/t9-,12-/m0/s1. The molecular weight excluding hydrogens is 344 g/mol. The van der Waals surface area contributed by atoms with Gasteiger partial charge in [-0.25, -0.2) is 8.42 Å². The van der Waals surface area contributed by atoms with Crippen LogP contribution in [0.15, 0.2) is 29.2 Å². The number of hydrogen-bond acceptors (Lipinski definition) is 5. The Kier molecular flexibility index (Phi) is 5.28. The molecule has 0 aliphatic carbocycles. The molecule has 23 heavy (non-hydrogen) atoms. The van der Waals surface area contributed by atoms with E-state index in [9.17, 15) is 18.0 Å². The van der Waals surface area contributed by atoms with Gasteiger partial charge in [0.25, 0.3) is 5.91 Å². The summed E-state index contributed by atoms with van der Waals surface area (Å²) in [4.78, 5) is 23.2. The van der Waals surface area contributed by atoms with Gasteiger partial charge in [-0.2, -0.15) is 4.31 Å². The van der Waals surface area contributed by atoms with Gasteiger partial charge in [-0.05, 0) is 44.0 Å². The monoisotopic (exact) mass is 360 g/mol. The van der Waals surface area contributed by atoms with E-state index in [4.69, 9.17) is 22.1 Å². The van der Waals surface area contributed by atoms with Gasteiger partial charge in [0.05, 0.1) is 4.90 Å². The molecule has 2 rings (SSSR count). The van der Waals surface area contributed by atoms with E-state index in [2.05, 4.69) is 0 Å². The van der Waals surface area contributed by atoms with E-state index in [0.29, 0.717) is 17.9 Å². The molecule has 1 aliphatic rings. The number of carbonyl (C=O) groups excluding carboxylic acids is 2. The molecule has 1 fully saturated rings. The Bertz CT molecular complexity index is 704. The minimum atomic E-state index is -3.85. The molecule has 1 aliphatic heterocycles. The fourth-order valence-corrected chi connectivity index (χ4v) is 4.09. The number of carbonyl (C=O) groups is 2. The average molecular weight is 361 g/mol. The topological polar surface area (TPSA) is 107 Å². The van der Waals surface area contributed by atoms with E-state index in [1.165, 1.54) is 31.2 Å². The number of benzene rings is 1. The Balaban J connectivity index is 2.22. The number of hydrogen-bond donors (Lipinski definition) is 1. The van der Waals surface area contributed by atoms with Crippen LogP contribution in [0, 0.1) is 0 Å². The third-order valence-electron chi connectivity index (χ3n) is 3.59. The number of sulfonamides is 1. The molecule has 0 bridgehead atoms. The highest BCUT2D eigenvalue weighted by atomic mass is 35.5. The third kappa shape index (κ3) is 3.82. The quantitative estimate of drug-likeness (QED) is 0.785. The minimum absolute atomic E-state index is 0.0459. The molecule has 1 aromatic carbocycles. The maximum Gasteiger partial charge on any atom is 0.325 e. The van der Waals surface area contributed by atoms with Gasteiger partial charge >= 0.3 is 5.97 Å². The maximum atomic E-state index is 12.7. The molecule has 2 atom stereocenters. The summed E-state index contributed by atoms with van der Waals surface area (Å²) in [6, 6.07) is 4.73. The summed E-state index contributed by atoms with van der Waals surface area (Å²) in [7, 11) is -3.85. The van der Waals surface area contributed by atoms with Crippen LogP contribution in [0.2, 0.25) is 5.02 Å². The van der Waals surface area contributed by atoms with Gasteiger partial charge in [0.1, 0.15) is 6.04 Å². The van der Waals surface area contributed by atoms with Crippen molar-refractivity contribution in [2.75, 3.05) is 6.54 Å². The summed E-state index contributed by atoms with van der Waals surface area (Å²) in [5.74, 6) is -1.56. The first-order valence-electron chi connectivity index (χ1n) is 7.00. The molecule has 126 valence electrons. The summed E-state index contributed by atoms with van der Waals surface area (Å²) < 4.78 is 31.4. The summed E-state index contributed by atoms with van der Waals surface area (Å²) in [5.41, 5.74) is 5.05. The van der Waals surface area contributed by atoms with E-state index >= 15 is 0 Å². The van der Waals surface area contributed by atoms with Gasteiger partial charge in [-0.15, -0.1) is 0 Å². The van der Waals surface area contributed by atoms with Crippen LogP contribution < -0.4 is 5.73 Å². The van der Waals surface area contributed by atoms with Crippen molar-refractivity contribution in [3.8, 4) is 0 Å². The third-order valence-corrected chi connectivity index (χ3v) is 5.76. The molecule has 1 heterocycles. The predicted molar refractivity (Wildman–Crippen MR) is 83.1 cm³/mol. The Labute approximate surface area is 139 Å². The number of rotatable bonds is 5. The van der Waals surface area contributed by atoms with Crippen LogP contribution in [0.4, 0.5) is 0 Å². The molecule has 0 saturated carbocycles. The first-order valence-corrected chi connectivity index (χ1v) is 8.82. The lowest BCUT2D eigenvalue weighted by Crippen LogP contribution is -2.43. The van der Waals surface area contributed by atoms with Crippen LogP contribution in [0.25, 0.3) is 0 Å². The largest absolute Gasteiger partial charge is 0.451 e. The van der Waals surface area contributed by atoms with E-state index in [1.807, 2.05) is 0 Å². The van der Waals surface area contributed by atoms with Crippen LogP contribution in [-0.2, 0) is 24.3 Å². The maximum absolute atomic E-state index is 12.7. The van der Waals surface area contributed by atoms with Crippen molar-refractivity contribution in [3.05, 3.63) is 29.3 Å². The number of ether oxygens (including phenoxy) is 1. The molecule has 1 saturated heterocycles. The van der Waals surface area contributed by atoms with Crippen molar-refractivity contribution in [2.45, 2.75) is 36.8 Å². The molecule has 7 nitrogen and oxygen atoms in total. The van der Waals surface area contributed by atoms with Crippen molar-refractivity contribution in [1.82, 2.24) is 4.31 Å². The Morgan fingerprint density at radius 2 is 1.96 bits per heavy atom. The van der Waals surface area contributed by atoms with Crippen molar-refractivity contribution in [1.29, 1.82) is 0 Å². The average Bonchev–Trinajstić information content (AvgIpc) is 2.97. The van der Waals surface area contributed by atoms with Gasteiger partial charge in [0.2, 0.25) is 10.0 Å². The van der Waals surface area contributed by atoms with Gasteiger partial charge in [-0.1, -0.05) is 11.6 Å². The number of halogens is 1. The van der Waals surface area contributed by atoms with Crippen LogP contribution >= 0.6 is 11.6 Å². The zero-order valence-electron chi connectivity index (χ0n) is 12.4. The van der Waals surface area contributed by atoms with Gasteiger partial charge < -0.3 is 10.5 Å². The number of nitrogens with two attached hydrogens (primary N) is 1. The fourth-order valence-electron chi connectivity index (χ4n) is 2.32. The highest BCUT2D eigenvalue weighted by Crippen LogP contribution is 2.27. The predicted octanol–water partition coefficient (Wildman–Crippen LogP) is 0.910. The minimum Gasteiger partial charge on any atom is -0.451 e. The van der Waals surface area contributed by atoms with Gasteiger partial charge in [0, 0.05) is 11.6 Å². The van der Waals surface area contributed by atoms with Crippen molar-refractivity contribution in [2.24, 2.45) is 5.73 Å². The fraction of sp³-hybridized carbons (Fsp3) is 0.429. The summed E-state index contributed by atoms with van der Waals surface area (Å²) >= 11 is 5.76. The zero-order chi connectivity index (χ0) is 17.2. The second kappa shape index (κ2) is 6.86. The highest BCUT2D eigenvalue weighted by molar-refractivity contribution is 7.89. The molecule has 0 spiro atoms. The number of nitrogens with zero attached hydrogens (tertiary/aromatic N) is 1. The summed E-state index contributed by atoms with van der Waals surface area (Å²) in [6.45, 7) is 1.54. The van der Waals surface area contributed by atoms with Gasteiger partial charge in [-0.3, -0.25) is 9.59 Å². The molecule has 9 heteroatoms. The lowest BCUT2D eigenvalue weighted by atomic mass is 10.2. The highest BCUT2D eigenvalue weighted by Gasteiger charge is 2.41. The number of esters is 1. The molecule has 0 aromatic heterocycles. The van der Waals surface area contributed by atoms with Crippen LogP contribution in [0.1, 0.15) is 19.8 Å². The lowest BCUT2D eigenvalue weighted by molar-refractivity contribution is -0.156. The first kappa shape index (κ1) is 17.7. The normalized spacial score (nSPS) is 20.2. The molecular formula is C14H17ClN2O5S. The smallest absolute Gasteiger partial charge is 0.325 e. The van der Waals surface area contributed by atoms with Crippen LogP contribution in [0.3, 0.4) is 0 Å². The zero-order valence-corrected chi connectivity index (χ0v) is 14.0. The first-order chi connectivity index (χ1) is 10.7.